The fourth-order valence-corrected chi connectivity index (χ4v) is 3.83. The van der Waals surface area contributed by atoms with Crippen LogP contribution in [-0.2, 0) is 0 Å². The number of rotatable bonds is 4. The molecule has 5 nitrogen and oxygen atoms in total. The molecule has 2 aromatic rings. The summed E-state index contributed by atoms with van der Waals surface area (Å²) in [6.07, 6.45) is 2.60. The number of aromatic nitrogens is 1. The normalized spacial score (nSPS) is 18.0. The van der Waals surface area contributed by atoms with Crippen LogP contribution in [-0.4, -0.2) is 17.6 Å². The molecule has 0 saturated carbocycles. The first-order valence-corrected chi connectivity index (χ1v) is 9.26. The Morgan fingerprint density at radius 2 is 2.29 bits per heavy atom. The molecule has 2 atom stereocenters. The molecule has 6 heteroatoms. The molecule has 0 unspecified atom stereocenters. The number of nitrogens with zero attached hydrogens (tertiary/aromatic N) is 1. The van der Waals surface area contributed by atoms with Crippen molar-refractivity contribution in [2.75, 3.05) is 6.61 Å². The molecule has 0 bridgehead atoms. The van der Waals surface area contributed by atoms with Gasteiger partial charge in [0.15, 0.2) is 0 Å². The van der Waals surface area contributed by atoms with Gasteiger partial charge in [-0.1, -0.05) is 25.1 Å². The second kappa shape index (κ2) is 7.66. The van der Waals surface area contributed by atoms with Crippen LogP contribution in [0, 0.1) is 6.92 Å². The van der Waals surface area contributed by atoms with E-state index >= 15 is 0 Å². The Balaban J connectivity index is 1.68. The van der Waals surface area contributed by atoms with Crippen LogP contribution < -0.4 is 15.4 Å². The van der Waals surface area contributed by atoms with Gasteiger partial charge in [-0.2, -0.15) is 0 Å². The minimum atomic E-state index is -0.156. The Hall–Kier alpha value is -2.08. The molecule has 2 amide bonds. The topological polar surface area (TPSA) is 63.2 Å². The van der Waals surface area contributed by atoms with Crippen LogP contribution in [0.2, 0.25) is 0 Å². The summed E-state index contributed by atoms with van der Waals surface area (Å²) >= 11 is 1.59. The predicted molar refractivity (Wildman–Crippen MR) is 95.5 cm³/mol. The SMILES string of the molecule is CC[C@@H](NC(=O)N[C@@H]1CCCOc2ccccc21)c1nc(C)cs1. The van der Waals surface area contributed by atoms with Crippen molar-refractivity contribution in [1.29, 1.82) is 0 Å². The summed E-state index contributed by atoms with van der Waals surface area (Å²) in [6.45, 7) is 4.71. The van der Waals surface area contributed by atoms with Crippen LogP contribution in [0.3, 0.4) is 0 Å². The van der Waals surface area contributed by atoms with Gasteiger partial charge in [-0.25, -0.2) is 9.78 Å². The number of urea groups is 1. The first-order chi connectivity index (χ1) is 11.7. The summed E-state index contributed by atoms with van der Waals surface area (Å²) in [6, 6.07) is 7.68. The van der Waals surface area contributed by atoms with E-state index in [1.54, 1.807) is 11.3 Å². The van der Waals surface area contributed by atoms with E-state index in [4.69, 9.17) is 4.74 Å². The van der Waals surface area contributed by atoms with Gasteiger partial charge in [0.2, 0.25) is 0 Å². The minimum Gasteiger partial charge on any atom is -0.493 e. The lowest BCUT2D eigenvalue weighted by atomic mass is 10.0. The highest BCUT2D eigenvalue weighted by Gasteiger charge is 2.23. The number of amides is 2. The van der Waals surface area contributed by atoms with E-state index in [0.717, 1.165) is 41.3 Å². The quantitative estimate of drug-likeness (QED) is 0.876. The van der Waals surface area contributed by atoms with Gasteiger partial charge in [0.05, 0.1) is 18.7 Å². The third-order valence-corrected chi connectivity index (χ3v) is 5.22. The van der Waals surface area contributed by atoms with Crippen LogP contribution in [0.1, 0.15) is 54.5 Å². The smallest absolute Gasteiger partial charge is 0.315 e. The maximum absolute atomic E-state index is 12.5. The number of nitrogens with one attached hydrogen (secondary N) is 2. The number of aryl methyl sites for hydroxylation is 1. The number of hydrogen-bond donors (Lipinski definition) is 2. The van der Waals surface area contributed by atoms with E-state index < -0.39 is 0 Å². The summed E-state index contributed by atoms with van der Waals surface area (Å²) in [4.78, 5) is 17.0. The summed E-state index contributed by atoms with van der Waals surface area (Å²) < 4.78 is 5.75. The van der Waals surface area contributed by atoms with Crippen molar-refractivity contribution < 1.29 is 9.53 Å². The van der Waals surface area contributed by atoms with Crippen molar-refractivity contribution in [3.8, 4) is 5.75 Å². The molecule has 0 aliphatic carbocycles. The second-order valence-corrected chi connectivity index (χ2v) is 6.88. The molecule has 24 heavy (non-hydrogen) atoms. The average Bonchev–Trinajstić information content (AvgIpc) is 2.91. The molecule has 3 rings (SSSR count). The maximum Gasteiger partial charge on any atom is 0.315 e. The van der Waals surface area contributed by atoms with Crippen LogP contribution in [0.4, 0.5) is 4.79 Å². The molecule has 1 aromatic carbocycles. The predicted octanol–water partition coefficient (Wildman–Crippen LogP) is 4.12. The van der Waals surface area contributed by atoms with Crippen molar-refractivity contribution in [1.82, 2.24) is 15.6 Å². The molecular formula is C18H23N3O2S. The number of hydrogen-bond acceptors (Lipinski definition) is 4. The van der Waals surface area contributed by atoms with E-state index in [0.29, 0.717) is 6.61 Å². The first kappa shape index (κ1) is 16.8. The third-order valence-electron chi connectivity index (χ3n) is 4.14. The van der Waals surface area contributed by atoms with Crippen molar-refractivity contribution in [3.05, 3.63) is 45.9 Å². The summed E-state index contributed by atoms with van der Waals surface area (Å²) in [7, 11) is 0. The molecule has 128 valence electrons. The van der Waals surface area contributed by atoms with Gasteiger partial charge in [-0.05, 0) is 32.3 Å². The molecule has 1 aromatic heterocycles. The molecule has 0 radical (unpaired) electrons. The molecular weight excluding hydrogens is 322 g/mol. The van der Waals surface area contributed by atoms with Gasteiger partial charge in [-0.15, -0.1) is 11.3 Å². The molecule has 0 fully saturated rings. The Kier molecular flexibility index (Phi) is 5.35. The van der Waals surface area contributed by atoms with Gasteiger partial charge in [-0.3, -0.25) is 0 Å². The molecule has 2 N–H and O–H groups in total. The summed E-state index contributed by atoms with van der Waals surface area (Å²) in [5.74, 6) is 0.864. The third kappa shape index (κ3) is 3.87. The van der Waals surface area contributed by atoms with Crippen LogP contribution in [0.25, 0.3) is 0 Å². The Bertz CT molecular complexity index is 701. The van der Waals surface area contributed by atoms with Crippen LogP contribution >= 0.6 is 11.3 Å². The number of carbonyl (C=O) groups excluding carboxylic acids is 1. The van der Waals surface area contributed by atoms with Gasteiger partial charge >= 0.3 is 6.03 Å². The van der Waals surface area contributed by atoms with Crippen molar-refractivity contribution in [2.24, 2.45) is 0 Å². The van der Waals surface area contributed by atoms with Crippen molar-refractivity contribution >= 4 is 17.4 Å². The minimum absolute atomic E-state index is 0.0285. The highest BCUT2D eigenvalue weighted by atomic mass is 32.1. The second-order valence-electron chi connectivity index (χ2n) is 5.99. The Labute approximate surface area is 146 Å². The van der Waals surface area contributed by atoms with Gasteiger partial charge in [0.1, 0.15) is 10.8 Å². The van der Waals surface area contributed by atoms with E-state index in [9.17, 15) is 4.79 Å². The Morgan fingerprint density at radius 3 is 3.04 bits per heavy atom. The highest BCUT2D eigenvalue weighted by Crippen LogP contribution is 2.31. The van der Waals surface area contributed by atoms with Gasteiger partial charge < -0.3 is 15.4 Å². The highest BCUT2D eigenvalue weighted by molar-refractivity contribution is 7.09. The van der Waals surface area contributed by atoms with E-state index in [1.165, 1.54) is 0 Å². The number of carbonyl (C=O) groups is 1. The first-order valence-electron chi connectivity index (χ1n) is 8.38. The summed E-state index contributed by atoms with van der Waals surface area (Å²) in [5.41, 5.74) is 2.04. The average molecular weight is 345 g/mol. The number of thiazole rings is 1. The number of para-hydroxylation sites is 1. The van der Waals surface area contributed by atoms with Crippen molar-refractivity contribution in [2.45, 2.75) is 45.2 Å². The Morgan fingerprint density at radius 1 is 1.46 bits per heavy atom. The number of benzene rings is 1. The lowest BCUT2D eigenvalue weighted by molar-refractivity contribution is 0.232. The van der Waals surface area contributed by atoms with Gasteiger partial charge in [0.25, 0.3) is 0 Å². The zero-order valence-corrected chi connectivity index (χ0v) is 14.9. The van der Waals surface area contributed by atoms with Crippen molar-refractivity contribution in [3.63, 3.8) is 0 Å². The molecule has 1 aliphatic rings. The van der Waals surface area contributed by atoms with E-state index in [2.05, 4.69) is 22.5 Å². The maximum atomic E-state index is 12.5. The largest absolute Gasteiger partial charge is 0.493 e. The summed E-state index contributed by atoms with van der Waals surface area (Å²) in [5, 5.41) is 9.12. The molecule has 1 aliphatic heterocycles. The zero-order valence-electron chi connectivity index (χ0n) is 14.0. The lowest BCUT2D eigenvalue weighted by Gasteiger charge is -2.21. The molecule has 0 saturated heterocycles. The van der Waals surface area contributed by atoms with E-state index in [-0.39, 0.29) is 18.1 Å². The molecule has 0 spiro atoms. The van der Waals surface area contributed by atoms with E-state index in [1.807, 2.05) is 36.6 Å². The number of ether oxygens (including phenoxy) is 1. The number of fused-ring (bicyclic) bond motifs is 1. The van der Waals surface area contributed by atoms with Crippen LogP contribution in [0.15, 0.2) is 29.6 Å². The lowest BCUT2D eigenvalue weighted by Crippen LogP contribution is -2.39. The zero-order chi connectivity index (χ0) is 16.9. The standard InChI is InChI=1S/C18H23N3O2S/c1-3-14(17-19-12(2)11-24-17)20-18(22)21-15-8-6-10-23-16-9-5-4-7-13(15)16/h4-5,7,9,11,14-15H,3,6,8,10H2,1-2H3,(H2,20,21,22)/t14-,15-/m1/s1. The van der Waals surface area contributed by atoms with Crippen LogP contribution in [0.5, 0.6) is 5.75 Å². The molecule has 2 heterocycles. The van der Waals surface area contributed by atoms with Gasteiger partial charge in [0, 0.05) is 16.6 Å². The monoisotopic (exact) mass is 345 g/mol. The fraction of sp³-hybridized carbons (Fsp3) is 0.444. The fourth-order valence-electron chi connectivity index (χ4n) is 2.90.